The Bertz CT molecular complexity index is 1450. The molecule has 176 valence electrons. The number of nitrogens with two attached hydrogens (primary N) is 1. The number of aryl methyl sites for hydroxylation is 1. The minimum Gasteiger partial charge on any atom is -0.454 e. The van der Waals surface area contributed by atoms with E-state index in [0.29, 0.717) is 11.3 Å². The maximum atomic E-state index is 13.1. The SMILES string of the molecule is Cc1cc(C(F)(F)F)nc2sc(C(N)=O)c(NC(=O)c3ccc(Cn4cc([N+](=O)[O-])cn4)o3)c12. The van der Waals surface area contributed by atoms with Crippen molar-refractivity contribution in [3.8, 4) is 0 Å². The molecule has 15 heteroatoms. The first-order valence-corrected chi connectivity index (χ1v) is 10.1. The molecule has 4 aromatic heterocycles. The zero-order valence-corrected chi connectivity index (χ0v) is 17.9. The summed E-state index contributed by atoms with van der Waals surface area (Å²) in [5.74, 6) is -1.67. The van der Waals surface area contributed by atoms with Gasteiger partial charge in [0.1, 0.15) is 33.6 Å². The molecular formula is C19H13F3N6O5S. The summed E-state index contributed by atoms with van der Waals surface area (Å²) in [6, 6.07) is 3.59. The molecule has 11 nitrogen and oxygen atoms in total. The number of hydrogen-bond acceptors (Lipinski definition) is 8. The second-order valence-electron chi connectivity index (χ2n) is 7.05. The van der Waals surface area contributed by atoms with Gasteiger partial charge in [-0.25, -0.2) is 4.98 Å². The lowest BCUT2D eigenvalue weighted by molar-refractivity contribution is -0.385. The number of nitrogens with zero attached hydrogens (tertiary/aromatic N) is 4. The molecule has 0 bridgehead atoms. The van der Waals surface area contributed by atoms with Gasteiger partial charge in [-0.05, 0) is 30.7 Å². The number of rotatable bonds is 6. The number of primary amides is 1. The van der Waals surface area contributed by atoms with Gasteiger partial charge < -0.3 is 15.5 Å². The second kappa shape index (κ2) is 8.26. The fraction of sp³-hybridized carbons (Fsp3) is 0.158. The van der Waals surface area contributed by atoms with Gasteiger partial charge in [0, 0.05) is 5.39 Å². The quantitative estimate of drug-likeness (QED) is 0.305. The van der Waals surface area contributed by atoms with E-state index >= 15 is 0 Å². The zero-order valence-electron chi connectivity index (χ0n) is 17.0. The Morgan fingerprint density at radius 3 is 2.71 bits per heavy atom. The van der Waals surface area contributed by atoms with Crippen LogP contribution in [0.3, 0.4) is 0 Å². The molecule has 0 aliphatic carbocycles. The van der Waals surface area contributed by atoms with Crippen LogP contribution in [-0.4, -0.2) is 31.5 Å². The Labute approximate surface area is 191 Å². The molecule has 0 spiro atoms. The van der Waals surface area contributed by atoms with Crippen molar-refractivity contribution < 1.29 is 32.1 Å². The Kier molecular flexibility index (Phi) is 5.56. The van der Waals surface area contributed by atoms with Crippen LogP contribution in [0.2, 0.25) is 0 Å². The van der Waals surface area contributed by atoms with Gasteiger partial charge >= 0.3 is 11.9 Å². The molecule has 0 fully saturated rings. The standard InChI is InChI=1S/C19H13F3N6O5S/c1-8-4-12(19(20,21)22)25-18-13(8)14(15(34-18)16(23)29)26-17(30)11-3-2-10(33-11)7-27-6-9(5-24-27)28(31)32/h2-6H,7H2,1H3,(H2,23,29)(H,26,30). The third-order valence-electron chi connectivity index (χ3n) is 4.65. The summed E-state index contributed by atoms with van der Waals surface area (Å²) < 4.78 is 46.1. The van der Waals surface area contributed by atoms with E-state index in [0.717, 1.165) is 12.3 Å². The van der Waals surface area contributed by atoms with E-state index in [2.05, 4.69) is 15.4 Å². The minimum absolute atomic E-state index is 0.00170. The van der Waals surface area contributed by atoms with Crippen molar-refractivity contribution in [3.63, 3.8) is 0 Å². The third kappa shape index (κ3) is 4.32. The van der Waals surface area contributed by atoms with Crippen LogP contribution in [0.25, 0.3) is 10.2 Å². The number of fused-ring (bicyclic) bond motifs is 1. The highest BCUT2D eigenvalue weighted by Crippen LogP contribution is 2.39. The highest BCUT2D eigenvalue weighted by Gasteiger charge is 2.34. The van der Waals surface area contributed by atoms with Crippen molar-refractivity contribution in [1.82, 2.24) is 14.8 Å². The maximum Gasteiger partial charge on any atom is 0.433 e. The predicted octanol–water partition coefficient (Wildman–Crippen LogP) is 3.72. The minimum atomic E-state index is -4.70. The van der Waals surface area contributed by atoms with Crippen LogP contribution < -0.4 is 11.1 Å². The third-order valence-corrected chi connectivity index (χ3v) is 5.74. The lowest BCUT2D eigenvalue weighted by Gasteiger charge is -2.09. The number of pyridine rings is 1. The van der Waals surface area contributed by atoms with E-state index in [9.17, 15) is 32.9 Å². The number of halogens is 3. The topological polar surface area (TPSA) is 159 Å². The number of thiophene rings is 1. The normalized spacial score (nSPS) is 11.6. The van der Waals surface area contributed by atoms with Gasteiger partial charge in [0.05, 0.1) is 17.2 Å². The maximum absolute atomic E-state index is 13.1. The van der Waals surface area contributed by atoms with Crippen LogP contribution in [0.15, 0.2) is 35.0 Å². The Morgan fingerprint density at radius 2 is 2.09 bits per heavy atom. The van der Waals surface area contributed by atoms with E-state index in [1.165, 1.54) is 29.9 Å². The number of amides is 2. The molecule has 4 rings (SSSR count). The number of carbonyl (C=O) groups is 2. The number of alkyl halides is 3. The van der Waals surface area contributed by atoms with Gasteiger partial charge in [-0.2, -0.15) is 18.3 Å². The van der Waals surface area contributed by atoms with Crippen molar-refractivity contribution in [1.29, 1.82) is 0 Å². The Morgan fingerprint density at radius 1 is 1.35 bits per heavy atom. The van der Waals surface area contributed by atoms with Gasteiger partial charge in [-0.1, -0.05) is 0 Å². The van der Waals surface area contributed by atoms with Gasteiger partial charge in [0.2, 0.25) is 0 Å². The highest BCUT2D eigenvalue weighted by atomic mass is 32.1. The molecular weight excluding hydrogens is 481 g/mol. The van der Waals surface area contributed by atoms with Gasteiger partial charge in [0.25, 0.3) is 11.8 Å². The molecule has 34 heavy (non-hydrogen) atoms. The van der Waals surface area contributed by atoms with E-state index in [-0.39, 0.29) is 50.1 Å². The Balaban J connectivity index is 1.63. The van der Waals surface area contributed by atoms with Gasteiger partial charge in [0.15, 0.2) is 5.76 Å². The van der Waals surface area contributed by atoms with Crippen molar-refractivity contribution >= 4 is 44.7 Å². The summed E-state index contributed by atoms with van der Waals surface area (Å²) in [4.78, 5) is 38.1. The summed E-state index contributed by atoms with van der Waals surface area (Å²) >= 11 is 0.628. The molecule has 0 atom stereocenters. The van der Waals surface area contributed by atoms with Crippen LogP contribution in [0.4, 0.5) is 24.5 Å². The number of nitro groups is 1. The molecule has 0 saturated heterocycles. The number of carbonyl (C=O) groups excluding carboxylic acids is 2. The molecule has 0 radical (unpaired) electrons. The number of aromatic nitrogens is 3. The first-order valence-electron chi connectivity index (χ1n) is 9.32. The molecule has 4 heterocycles. The smallest absolute Gasteiger partial charge is 0.433 e. The van der Waals surface area contributed by atoms with E-state index in [1.54, 1.807) is 0 Å². The number of furan rings is 1. The zero-order chi connectivity index (χ0) is 24.8. The monoisotopic (exact) mass is 494 g/mol. The van der Waals surface area contributed by atoms with E-state index in [4.69, 9.17) is 10.2 Å². The highest BCUT2D eigenvalue weighted by molar-refractivity contribution is 7.21. The molecule has 0 saturated carbocycles. The molecule has 2 amide bonds. The Hall–Kier alpha value is -4.27. The van der Waals surface area contributed by atoms with Crippen LogP contribution in [0.1, 0.15) is 37.2 Å². The van der Waals surface area contributed by atoms with Crippen LogP contribution in [0.5, 0.6) is 0 Å². The second-order valence-corrected chi connectivity index (χ2v) is 8.05. The van der Waals surface area contributed by atoms with E-state index < -0.39 is 28.6 Å². The average molecular weight is 494 g/mol. The van der Waals surface area contributed by atoms with Crippen molar-refractivity contribution in [2.24, 2.45) is 5.73 Å². The van der Waals surface area contributed by atoms with Crippen molar-refractivity contribution in [2.75, 3.05) is 5.32 Å². The van der Waals surface area contributed by atoms with Crippen LogP contribution >= 0.6 is 11.3 Å². The molecule has 4 aromatic rings. The average Bonchev–Trinajstić information content (AvgIpc) is 3.46. The molecule has 0 aliphatic rings. The summed E-state index contributed by atoms with van der Waals surface area (Å²) in [5.41, 5.74) is 4.08. The summed E-state index contributed by atoms with van der Waals surface area (Å²) in [7, 11) is 0. The van der Waals surface area contributed by atoms with E-state index in [1.807, 2.05) is 0 Å². The summed E-state index contributed by atoms with van der Waals surface area (Å²) in [6.07, 6.45) is -2.45. The number of hydrogen-bond donors (Lipinski definition) is 2. The first kappa shape index (κ1) is 22.9. The van der Waals surface area contributed by atoms with Crippen LogP contribution in [0, 0.1) is 17.0 Å². The van der Waals surface area contributed by atoms with Gasteiger partial charge in [-0.3, -0.25) is 24.4 Å². The number of anilines is 1. The van der Waals surface area contributed by atoms with Crippen molar-refractivity contribution in [2.45, 2.75) is 19.6 Å². The largest absolute Gasteiger partial charge is 0.454 e. The summed E-state index contributed by atoms with van der Waals surface area (Å²) in [6.45, 7) is 1.39. The lowest BCUT2D eigenvalue weighted by Crippen LogP contribution is -2.16. The summed E-state index contributed by atoms with van der Waals surface area (Å²) in [5, 5.41) is 17.2. The number of nitrogens with one attached hydrogen (secondary N) is 1. The fourth-order valence-corrected chi connectivity index (χ4v) is 4.23. The van der Waals surface area contributed by atoms with Crippen molar-refractivity contribution in [3.05, 3.63) is 68.4 Å². The predicted molar refractivity (Wildman–Crippen MR) is 113 cm³/mol. The molecule has 0 aromatic carbocycles. The fourth-order valence-electron chi connectivity index (χ4n) is 3.17. The lowest BCUT2D eigenvalue weighted by atomic mass is 10.1. The van der Waals surface area contributed by atoms with Gasteiger partial charge in [-0.15, -0.1) is 11.3 Å². The molecule has 0 unspecified atom stereocenters. The molecule has 0 aliphatic heterocycles. The van der Waals surface area contributed by atoms with Crippen LogP contribution in [-0.2, 0) is 12.7 Å². The first-order chi connectivity index (χ1) is 15.9. The molecule has 3 N–H and O–H groups in total.